The molecule has 0 radical (unpaired) electrons. The van der Waals surface area contributed by atoms with E-state index in [9.17, 15) is 14.4 Å². The molecule has 1 aliphatic heterocycles. The van der Waals surface area contributed by atoms with Crippen LogP contribution in [0, 0.1) is 5.92 Å². The summed E-state index contributed by atoms with van der Waals surface area (Å²) in [7, 11) is 0. The molecule has 1 aliphatic rings. The standard InChI is InChI=1S/C22H24N2O6/c25-20(19-14-18(11-12-23-19)13-16-7-3-1-4-8-16)29-21(26)22(27)30-24-28-15-17-9-5-2-6-10-17/h1-10,18-19,23-24H,11-15H2/t18-,19-/m0/s1. The lowest BCUT2D eigenvalue weighted by atomic mass is 9.87. The van der Waals surface area contributed by atoms with Crippen molar-refractivity contribution in [3.8, 4) is 0 Å². The van der Waals surface area contributed by atoms with Crippen LogP contribution in [-0.4, -0.2) is 30.5 Å². The second-order valence-corrected chi connectivity index (χ2v) is 7.04. The maximum absolute atomic E-state index is 12.3. The van der Waals surface area contributed by atoms with Crippen molar-refractivity contribution in [2.24, 2.45) is 5.92 Å². The number of hydrogen-bond donors (Lipinski definition) is 2. The Hall–Kier alpha value is -3.07. The lowest BCUT2D eigenvalue weighted by Crippen LogP contribution is -2.46. The topological polar surface area (TPSA) is 103 Å². The average Bonchev–Trinajstić information content (AvgIpc) is 2.78. The zero-order valence-electron chi connectivity index (χ0n) is 16.4. The first-order valence-corrected chi connectivity index (χ1v) is 9.76. The molecule has 2 aromatic carbocycles. The fourth-order valence-electron chi connectivity index (χ4n) is 3.31. The molecule has 2 atom stereocenters. The summed E-state index contributed by atoms with van der Waals surface area (Å²) in [6.07, 6.45) is 2.27. The second kappa shape index (κ2) is 11.2. The minimum Gasteiger partial charge on any atom is -0.383 e. The zero-order chi connectivity index (χ0) is 21.2. The highest BCUT2D eigenvalue weighted by Gasteiger charge is 2.31. The number of piperidine rings is 1. The Balaban J connectivity index is 1.38. The zero-order valence-corrected chi connectivity index (χ0v) is 16.4. The number of hydrogen-bond acceptors (Lipinski definition) is 8. The van der Waals surface area contributed by atoms with Crippen LogP contribution in [0.3, 0.4) is 0 Å². The fourth-order valence-corrected chi connectivity index (χ4v) is 3.31. The largest absolute Gasteiger partial charge is 0.438 e. The van der Waals surface area contributed by atoms with Gasteiger partial charge < -0.3 is 14.9 Å². The first kappa shape index (κ1) is 21.6. The molecule has 3 rings (SSSR count). The SMILES string of the molecule is O=C(ONOCc1ccccc1)C(=O)OC(=O)[C@@H]1C[C@H](Cc2ccccc2)CCN1. The van der Waals surface area contributed by atoms with Gasteiger partial charge in [-0.25, -0.2) is 14.4 Å². The Bertz CT molecular complexity index is 843. The van der Waals surface area contributed by atoms with E-state index in [0.717, 1.165) is 18.4 Å². The minimum absolute atomic E-state index is 0.122. The van der Waals surface area contributed by atoms with E-state index < -0.39 is 23.9 Å². The summed E-state index contributed by atoms with van der Waals surface area (Å²) < 4.78 is 4.66. The van der Waals surface area contributed by atoms with Crippen LogP contribution in [0.2, 0.25) is 0 Å². The first-order chi connectivity index (χ1) is 14.6. The number of carbonyl (C=O) groups excluding carboxylic acids is 3. The summed E-state index contributed by atoms with van der Waals surface area (Å²) in [5, 5.41) is 3.03. The number of rotatable bonds is 7. The van der Waals surface area contributed by atoms with Crippen LogP contribution in [0.1, 0.15) is 24.0 Å². The molecule has 0 spiro atoms. The molecule has 0 unspecified atom stereocenters. The highest BCUT2D eigenvalue weighted by Crippen LogP contribution is 2.21. The average molecular weight is 412 g/mol. The number of nitrogens with one attached hydrogen (secondary N) is 2. The van der Waals surface area contributed by atoms with Gasteiger partial charge >= 0.3 is 17.9 Å². The fraction of sp³-hybridized carbons (Fsp3) is 0.318. The van der Waals surface area contributed by atoms with E-state index in [1.807, 2.05) is 66.3 Å². The molecular weight excluding hydrogens is 388 g/mol. The third-order valence-electron chi connectivity index (χ3n) is 4.80. The van der Waals surface area contributed by atoms with E-state index >= 15 is 0 Å². The van der Waals surface area contributed by atoms with Crippen LogP contribution in [0.25, 0.3) is 0 Å². The van der Waals surface area contributed by atoms with Gasteiger partial charge in [-0.1, -0.05) is 60.7 Å². The first-order valence-electron chi connectivity index (χ1n) is 9.76. The van der Waals surface area contributed by atoms with Gasteiger partial charge in [0.15, 0.2) is 0 Å². The monoisotopic (exact) mass is 412 g/mol. The van der Waals surface area contributed by atoms with E-state index in [0.29, 0.717) is 13.0 Å². The summed E-state index contributed by atoms with van der Waals surface area (Å²) in [4.78, 5) is 45.1. The van der Waals surface area contributed by atoms with Crippen molar-refractivity contribution in [1.29, 1.82) is 0 Å². The van der Waals surface area contributed by atoms with Crippen molar-refractivity contribution >= 4 is 17.9 Å². The van der Waals surface area contributed by atoms with Crippen molar-refractivity contribution in [2.45, 2.75) is 31.9 Å². The molecule has 0 saturated carbocycles. The molecule has 158 valence electrons. The van der Waals surface area contributed by atoms with E-state index in [1.54, 1.807) is 0 Å². The van der Waals surface area contributed by atoms with Crippen molar-refractivity contribution in [3.05, 3.63) is 71.8 Å². The summed E-state index contributed by atoms with van der Waals surface area (Å²) in [5.41, 5.74) is 3.96. The van der Waals surface area contributed by atoms with Gasteiger partial charge in [0, 0.05) is 0 Å². The van der Waals surface area contributed by atoms with Gasteiger partial charge in [-0.15, -0.1) is 0 Å². The van der Waals surface area contributed by atoms with E-state index in [4.69, 9.17) is 4.84 Å². The summed E-state index contributed by atoms with van der Waals surface area (Å²) in [6, 6.07) is 18.5. The molecule has 0 aromatic heterocycles. The van der Waals surface area contributed by atoms with Crippen LogP contribution in [-0.2, 0) is 41.8 Å². The highest BCUT2D eigenvalue weighted by molar-refractivity contribution is 6.31. The Morgan fingerprint density at radius 3 is 2.30 bits per heavy atom. The lowest BCUT2D eigenvalue weighted by molar-refractivity contribution is -0.203. The second-order valence-electron chi connectivity index (χ2n) is 7.04. The smallest absolute Gasteiger partial charge is 0.383 e. The molecular formula is C22H24N2O6. The molecule has 0 aliphatic carbocycles. The van der Waals surface area contributed by atoms with Gasteiger partial charge in [0.2, 0.25) is 0 Å². The third kappa shape index (κ3) is 6.77. The Morgan fingerprint density at radius 1 is 0.933 bits per heavy atom. The van der Waals surface area contributed by atoms with Crippen LogP contribution in [0.15, 0.2) is 60.7 Å². The van der Waals surface area contributed by atoms with Crippen LogP contribution in [0.5, 0.6) is 0 Å². The molecule has 1 saturated heterocycles. The maximum Gasteiger partial charge on any atom is 0.438 e. The molecule has 8 heteroatoms. The van der Waals surface area contributed by atoms with Crippen LogP contribution in [0.4, 0.5) is 0 Å². The Morgan fingerprint density at radius 2 is 1.60 bits per heavy atom. The van der Waals surface area contributed by atoms with Gasteiger partial charge in [0.05, 0.1) is 6.61 Å². The number of esters is 2. The number of ether oxygens (including phenoxy) is 1. The molecule has 0 bridgehead atoms. The molecule has 8 nitrogen and oxygen atoms in total. The van der Waals surface area contributed by atoms with Gasteiger partial charge in [0.1, 0.15) is 6.04 Å². The molecule has 1 heterocycles. The van der Waals surface area contributed by atoms with Gasteiger partial charge in [-0.2, -0.15) is 0 Å². The quantitative estimate of drug-likeness (QED) is 0.234. The van der Waals surface area contributed by atoms with Crippen LogP contribution >= 0.6 is 0 Å². The van der Waals surface area contributed by atoms with Crippen molar-refractivity contribution < 1.29 is 28.8 Å². The van der Waals surface area contributed by atoms with Crippen molar-refractivity contribution in [2.75, 3.05) is 6.54 Å². The van der Waals surface area contributed by atoms with Crippen LogP contribution < -0.4 is 11.0 Å². The minimum atomic E-state index is -1.40. The number of benzene rings is 2. The van der Waals surface area contributed by atoms with Gasteiger partial charge in [0.25, 0.3) is 0 Å². The van der Waals surface area contributed by atoms with E-state index in [1.165, 1.54) is 5.56 Å². The van der Waals surface area contributed by atoms with Gasteiger partial charge in [-0.05, 0) is 48.5 Å². The summed E-state index contributed by atoms with van der Waals surface area (Å²) >= 11 is 0. The highest BCUT2D eigenvalue weighted by atomic mass is 16.9. The van der Waals surface area contributed by atoms with Gasteiger partial charge in [-0.3, -0.25) is 4.84 Å². The maximum atomic E-state index is 12.3. The molecule has 2 aromatic rings. The molecule has 0 amide bonds. The third-order valence-corrected chi connectivity index (χ3v) is 4.80. The summed E-state index contributed by atoms with van der Waals surface area (Å²) in [6.45, 7) is 0.752. The Labute approximate surface area is 174 Å². The molecule has 30 heavy (non-hydrogen) atoms. The predicted octanol–water partition coefficient (Wildman–Crippen LogP) is 1.85. The normalized spacial score (nSPS) is 18.4. The predicted molar refractivity (Wildman–Crippen MR) is 106 cm³/mol. The molecule has 2 N–H and O–H groups in total. The van der Waals surface area contributed by atoms with E-state index in [-0.39, 0.29) is 12.5 Å². The molecule has 1 fully saturated rings. The Kier molecular flexibility index (Phi) is 8.08. The van der Waals surface area contributed by atoms with Crippen molar-refractivity contribution in [3.63, 3.8) is 0 Å². The van der Waals surface area contributed by atoms with Crippen molar-refractivity contribution in [1.82, 2.24) is 11.0 Å². The lowest BCUT2D eigenvalue weighted by Gasteiger charge is -2.28. The number of carbonyl (C=O) groups is 3. The van der Waals surface area contributed by atoms with E-state index in [2.05, 4.69) is 14.9 Å². The summed E-state index contributed by atoms with van der Waals surface area (Å²) in [5.74, 6) is -3.28.